The minimum Gasteiger partial charge on any atom is -0.497 e. The lowest BCUT2D eigenvalue weighted by atomic mass is 9.90. The molecular weight excluding hydrogens is 537 g/mol. The molecule has 0 atom stereocenters. The van der Waals surface area contributed by atoms with Crippen molar-refractivity contribution >= 4 is 22.6 Å². The van der Waals surface area contributed by atoms with Crippen LogP contribution in [0.15, 0.2) is 61.2 Å². The molecule has 4 rings (SSSR count). The van der Waals surface area contributed by atoms with E-state index < -0.39 is 39.9 Å². The monoisotopic (exact) mass is 562 g/mol. The van der Waals surface area contributed by atoms with E-state index in [9.17, 15) is 27.0 Å². The largest absolute Gasteiger partial charge is 0.497 e. The molecule has 13 heteroatoms. The average molecular weight is 563 g/mol. The Bertz CT molecular complexity index is 1340. The topological polar surface area (TPSA) is 120 Å². The van der Waals surface area contributed by atoms with Gasteiger partial charge < -0.3 is 20.1 Å². The maximum Gasteiger partial charge on any atom is 0.420 e. The summed E-state index contributed by atoms with van der Waals surface area (Å²) in [6.45, 7) is 0.0879. The molecule has 9 nitrogen and oxygen atoms in total. The van der Waals surface area contributed by atoms with Crippen molar-refractivity contribution in [1.82, 2.24) is 20.6 Å². The Morgan fingerprint density at radius 2 is 1.67 bits per heavy atom. The van der Waals surface area contributed by atoms with E-state index >= 15 is 0 Å². The Hall–Kier alpha value is -4.00. The van der Waals surface area contributed by atoms with Gasteiger partial charge in [0.2, 0.25) is 5.91 Å². The number of hydrogen-bond acceptors (Lipinski definition) is 7. The summed E-state index contributed by atoms with van der Waals surface area (Å²) >= 11 is 0. The van der Waals surface area contributed by atoms with Crippen LogP contribution in [0.4, 0.5) is 13.2 Å². The van der Waals surface area contributed by atoms with E-state index in [1.807, 2.05) is 0 Å². The number of nitrogens with zero attached hydrogens (tertiary/aromatic N) is 2. The van der Waals surface area contributed by atoms with Crippen molar-refractivity contribution in [3.8, 4) is 17.2 Å². The van der Waals surface area contributed by atoms with Crippen molar-refractivity contribution in [3.05, 3.63) is 77.9 Å². The fourth-order valence-electron chi connectivity index (χ4n) is 4.02. The van der Waals surface area contributed by atoms with Crippen molar-refractivity contribution in [3.63, 3.8) is 0 Å². The third-order valence-electron chi connectivity index (χ3n) is 6.22. The zero-order chi connectivity index (χ0) is 28.0. The molecule has 3 aromatic rings. The molecule has 39 heavy (non-hydrogen) atoms. The number of ether oxygens (including phenoxy) is 2. The van der Waals surface area contributed by atoms with Gasteiger partial charge in [0.25, 0.3) is 5.91 Å². The second kappa shape index (κ2) is 11.8. The first-order valence-corrected chi connectivity index (χ1v) is 13.3. The number of hydrogen-bond donors (Lipinski definition) is 2. The molecule has 1 aromatic heterocycles. The van der Waals surface area contributed by atoms with Crippen LogP contribution < -0.4 is 20.1 Å². The summed E-state index contributed by atoms with van der Waals surface area (Å²) in [4.78, 5) is 33.7. The van der Waals surface area contributed by atoms with Gasteiger partial charge in [0.1, 0.15) is 34.7 Å². The minimum absolute atomic E-state index is 0.0519. The molecule has 2 N–H and O–H groups in total. The molecule has 0 unspecified atom stereocenters. The average Bonchev–Trinajstić information content (AvgIpc) is 2.94. The molecule has 0 bridgehead atoms. The molecule has 1 aliphatic rings. The maximum absolute atomic E-state index is 13.5. The van der Waals surface area contributed by atoms with Crippen LogP contribution in [-0.4, -0.2) is 50.1 Å². The summed E-state index contributed by atoms with van der Waals surface area (Å²) in [5.41, 5.74) is -1.39. The van der Waals surface area contributed by atoms with Gasteiger partial charge in [0.15, 0.2) is 0 Å². The Morgan fingerprint density at radius 3 is 2.28 bits per heavy atom. The van der Waals surface area contributed by atoms with Crippen LogP contribution in [0.1, 0.15) is 34.3 Å². The normalized spacial score (nSPS) is 19.1. The molecule has 206 valence electrons. The molecule has 0 saturated carbocycles. The van der Waals surface area contributed by atoms with E-state index in [1.165, 1.54) is 50.1 Å². The Labute approximate surface area is 224 Å². The van der Waals surface area contributed by atoms with Crippen LogP contribution >= 0.6 is 0 Å². The number of carbonyl (C=O) groups is 2. The number of nitrogens with one attached hydrogen (secondary N) is 2. The van der Waals surface area contributed by atoms with Gasteiger partial charge in [-0.1, -0.05) is 12.1 Å². The van der Waals surface area contributed by atoms with Crippen LogP contribution in [0.2, 0.25) is 0 Å². The van der Waals surface area contributed by atoms with Crippen LogP contribution in [0.3, 0.4) is 0 Å². The number of amides is 2. The van der Waals surface area contributed by atoms with E-state index in [4.69, 9.17) is 9.47 Å². The fraction of sp³-hybridized carbons (Fsp3) is 0.308. The van der Waals surface area contributed by atoms with E-state index in [0.29, 0.717) is 5.56 Å². The predicted molar refractivity (Wildman–Crippen MR) is 136 cm³/mol. The van der Waals surface area contributed by atoms with Crippen LogP contribution in [0.25, 0.3) is 0 Å². The lowest BCUT2D eigenvalue weighted by molar-refractivity contribution is -0.138. The SMILES string of the molecule is COc1ccc(Oc2ccc(CNC(=O)C3(NC(=O)c4cncnc4)CCS(=O)CC3)cc2)c(C(F)(F)F)c1. The Morgan fingerprint density at radius 1 is 1.03 bits per heavy atom. The Kier molecular flexibility index (Phi) is 8.48. The van der Waals surface area contributed by atoms with Crippen molar-refractivity contribution < 1.29 is 36.4 Å². The van der Waals surface area contributed by atoms with E-state index in [1.54, 1.807) is 12.1 Å². The Balaban J connectivity index is 1.43. The van der Waals surface area contributed by atoms with E-state index in [0.717, 1.165) is 6.07 Å². The first-order chi connectivity index (χ1) is 18.6. The zero-order valence-corrected chi connectivity index (χ0v) is 21.6. The van der Waals surface area contributed by atoms with Gasteiger partial charge in [-0.25, -0.2) is 9.97 Å². The van der Waals surface area contributed by atoms with Crippen LogP contribution in [0.5, 0.6) is 17.2 Å². The summed E-state index contributed by atoms with van der Waals surface area (Å²) in [6.07, 6.45) is -0.295. The van der Waals surface area contributed by atoms with Gasteiger partial charge in [-0.2, -0.15) is 13.2 Å². The number of halogens is 3. The smallest absolute Gasteiger partial charge is 0.420 e. The molecule has 1 fully saturated rings. The van der Waals surface area contributed by atoms with Gasteiger partial charge in [-0.15, -0.1) is 0 Å². The number of alkyl halides is 3. The maximum atomic E-state index is 13.5. The van der Waals surface area contributed by atoms with Crippen molar-refractivity contribution in [2.75, 3.05) is 18.6 Å². The number of methoxy groups -OCH3 is 1. The van der Waals surface area contributed by atoms with Crippen molar-refractivity contribution in [2.45, 2.75) is 31.1 Å². The second-order valence-electron chi connectivity index (χ2n) is 8.80. The molecule has 2 heterocycles. The van der Waals surface area contributed by atoms with Crippen LogP contribution in [-0.2, 0) is 28.3 Å². The molecule has 2 aromatic carbocycles. The highest BCUT2D eigenvalue weighted by Gasteiger charge is 2.42. The lowest BCUT2D eigenvalue weighted by Crippen LogP contribution is -2.61. The van der Waals surface area contributed by atoms with Gasteiger partial charge in [-0.05, 0) is 48.7 Å². The molecule has 1 saturated heterocycles. The third kappa shape index (κ3) is 6.91. The van der Waals surface area contributed by atoms with Crippen LogP contribution in [0, 0.1) is 0 Å². The first kappa shape index (κ1) is 28.0. The van der Waals surface area contributed by atoms with Crippen molar-refractivity contribution in [1.29, 1.82) is 0 Å². The first-order valence-electron chi connectivity index (χ1n) is 11.8. The third-order valence-corrected chi connectivity index (χ3v) is 7.54. The van der Waals surface area contributed by atoms with E-state index in [2.05, 4.69) is 20.6 Å². The van der Waals surface area contributed by atoms with E-state index in [-0.39, 0.29) is 53.7 Å². The fourth-order valence-corrected chi connectivity index (χ4v) is 5.37. The number of rotatable bonds is 8. The summed E-state index contributed by atoms with van der Waals surface area (Å²) < 4.78 is 62.7. The molecule has 0 radical (unpaired) electrons. The van der Waals surface area contributed by atoms with Gasteiger partial charge in [0, 0.05) is 41.2 Å². The highest BCUT2D eigenvalue weighted by molar-refractivity contribution is 7.85. The lowest BCUT2D eigenvalue weighted by Gasteiger charge is -2.36. The summed E-state index contributed by atoms with van der Waals surface area (Å²) in [5, 5.41) is 5.59. The van der Waals surface area contributed by atoms with Gasteiger partial charge >= 0.3 is 6.18 Å². The number of aromatic nitrogens is 2. The minimum atomic E-state index is -4.64. The molecular formula is C26H25F3N4O5S. The van der Waals surface area contributed by atoms with Crippen molar-refractivity contribution in [2.24, 2.45) is 0 Å². The number of carbonyl (C=O) groups excluding carboxylic acids is 2. The van der Waals surface area contributed by atoms with Gasteiger partial charge in [0.05, 0.1) is 12.7 Å². The summed E-state index contributed by atoms with van der Waals surface area (Å²) in [7, 11) is 0.196. The second-order valence-corrected chi connectivity index (χ2v) is 10.5. The highest BCUT2D eigenvalue weighted by atomic mass is 32.2. The molecule has 0 spiro atoms. The quantitative estimate of drug-likeness (QED) is 0.430. The summed E-state index contributed by atoms with van der Waals surface area (Å²) in [6, 6.07) is 9.60. The zero-order valence-electron chi connectivity index (χ0n) is 20.8. The predicted octanol–water partition coefficient (Wildman–Crippen LogP) is 3.62. The standard InChI is InChI=1S/C26H25F3N4O5S/c1-37-20-6-7-22(21(12-20)26(27,28)29)38-19-4-2-17(3-5-19)13-32-24(35)25(8-10-39(36)11-9-25)33-23(34)18-14-30-16-31-15-18/h2-7,12,14-16H,8-11,13H2,1H3,(H,32,35)(H,33,34). The highest BCUT2D eigenvalue weighted by Crippen LogP contribution is 2.40. The summed E-state index contributed by atoms with van der Waals surface area (Å²) in [5.74, 6) is -0.581. The molecule has 0 aliphatic carbocycles. The number of benzene rings is 2. The molecule has 2 amide bonds. The van der Waals surface area contributed by atoms with Gasteiger partial charge in [-0.3, -0.25) is 13.8 Å². The molecule has 1 aliphatic heterocycles.